The van der Waals surface area contributed by atoms with Crippen molar-refractivity contribution >= 4 is 11.6 Å². The highest BCUT2D eigenvalue weighted by molar-refractivity contribution is 6.30. The van der Waals surface area contributed by atoms with E-state index in [1.54, 1.807) is 0 Å². The van der Waals surface area contributed by atoms with Crippen LogP contribution >= 0.6 is 11.6 Å². The first-order valence-electron chi connectivity index (χ1n) is 6.28. The molecule has 1 aliphatic heterocycles. The fourth-order valence-electron chi connectivity index (χ4n) is 2.48. The van der Waals surface area contributed by atoms with Gasteiger partial charge in [-0.05, 0) is 44.0 Å². The standard InChI is InChI=1S/C13H20ClN3/c1-10-8-11(9-16-13(10)14)12-6-4-3-5-7-17(12)15-2/h8-9,12,15H,3-7H2,1-2H3. The maximum absolute atomic E-state index is 5.98. The smallest absolute Gasteiger partial charge is 0.131 e. The van der Waals surface area contributed by atoms with Crippen molar-refractivity contribution in [3.8, 4) is 0 Å². The van der Waals surface area contributed by atoms with Crippen molar-refractivity contribution in [3.63, 3.8) is 0 Å². The fourth-order valence-corrected chi connectivity index (χ4v) is 2.59. The van der Waals surface area contributed by atoms with Crippen LogP contribution in [0.3, 0.4) is 0 Å². The molecule has 0 aliphatic carbocycles. The van der Waals surface area contributed by atoms with Gasteiger partial charge in [0, 0.05) is 12.7 Å². The van der Waals surface area contributed by atoms with Crippen molar-refractivity contribution in [1.82, 2.24) is 15.4 Å². The molecule has 2 rings (SSSR count). The molecular weight excluding hydrogens is 234 g/mol. The molecule has 1 aromatic heterocycles. The highest BCUT2D eigenvalue weighted by Crippen LogP contribution is 2.29. The van der Waals surface area contributed by atoms with Crippen LogP contribution in [0.2, 0.25) is 5.15 Å². The second kappa shape index (κ2) is 5.80. The Kier molecular flexibility index (Phi) is 4.37. The zero-order valence-electron chi connectivity index (χ0n) is 10.5. The topological polar surface area (TPSA) is 28.2 Å². The number of aromatic nitrogens is 1. The summed E-state index contributed by atoms with van der Waals surface area (Å²) in [5, 5.41) is 2.93. The summed E-state index contributed by atoms with van der Waals surface area (Å²) in [5.41, 5.74) is 5.63. The Hall–Kier alpha value is -0.640. The third-order valence-electron chi connectivity index (χ3n) is 3.46. The Balaban J connectivity index is 2.25. The highest BCUT2D eigenvalue weighted by atomic mass is 35.5. The second-order valence-electron chi connectivity index (χ2n) is 4.66. The second-order valence-corrected chi connectivity index (χ2v) is 5.02. The molecule has 0 bridgehead atoms. The summed E-state index contributed by atoms with van der Waals surface area (Å²) in [7, 11) is 1.99. The van der Waals surface area contributed by atoms with E-state index in [0.717, 1.165) is 12.1 Å². The summed E-state index contributed by atoms with van der Waals surface area (Å²) in [4.78, 5) is 4.26. The van der Waals surface area contributed by atoms with Crippen LogP contribution in [0.1, 0.15) is 42.9 Å². The molecule has 1 saturated heterocycles. The molecule has 2 heterocycles. The molecular formula is C13H20ClN3. The van der Waals surface area contributed by atoms with Crippen LogP contribution in [0.5, 0.6) is 0 Å². The van der Waals surface area contributed by atoms with E-state index in [1.165, 1.54) is 31.2 Å². The minimum absolute atomic E-state index is 0.422. The summed E-state index contributed by atoms with van der Waals surface area (Å²) in [5.74, 6) is 0. The lowest BCUT2D eigenvalue weighted by Gasteiger charge is -2.29. The first-order valence-corrected chi connectivity index (χ1v) is 6.66. The average molecular weight is 254 g/mol. The van der Waals surface area contributed by atoms with Crippen molar-refractivity contribution in [1.29, 1.82) is 0 Å². The minimum Gasteiger partial charge on any atom is -0.258 e. The molecule has 1 fully saturated rings. The van der Waals surface area contributed by atoms with Crippen LogP contribution in [0, 0.1) is 6.92 Å². The van der Waals surface area contributed by atoms with E-state index in [0.29, 0.717) is 11.2 Å². The third-order valence-corrected chi connectivity index (χ3v) is 3.86. The number of hydrazine groups is 1. The van der Waals surface area contributed by atoms with Gasteiger partial charge in [0.05, 0.1) is 6.04 Å². The lowest BCUT2D eigenvalue weighted by molar-refractivity contribution is 0.142. The SMILES string of the molecule is CNN1CCCCCC1c1cnc(Cl)c(C)c1. The van der Waals surface area contributed by atoms with Crippen LogP contribution < -0.4 is 5.43 Å². The lowest BCUT2D eigenvalue weighted by Crippen LogP contribution is -2.38. The quantitative estimate of drug-likeness (QED) is 0.821. The first kappa shape index (κ1) is 12.8. The van der Waals surface area contributed by atoms with Crippen LogP contribution in [-0.2, 0) is 0 Å². The molecule has 94 valence electrons. The van der Waals surface area contributed by atoms with Gasteiger partial charge in [0.25, 0.3) is 0 Å². The van der Waals surface area contributed by atoms with E-state index < -0.39 is 0 Å². The van der Waals surface area contributed by atoms with Gasteiger partial charge in [-0.3, -0.25) is 5.43 Å². The van der Waals surface area contributed by atoms with E-state index in [1.807, 2.05) is 20.2 Å². The van der Waals surface area contributed by atoms with Gasteiger partial charge in [0.2, 0.25) is 0 Å². The molecule has 4 heteroatoms. The molecule has 0 saturated carbocycles. The molecule has 1 N–H and O–H groups in total. The van der Waals surface area contributed by atoms with Crippen LogP contribution in [-0.4, -0.2) is 23.6 Å². The predicted molar refractivity (Wildman–Crippen MR) is 71.0 cm³/mol. The summed E-state index contributed by atoms with van der Waals surface area (Å²) < 4.78 is 0. The predicted octanol–water partition coefficient (Wildman–Crippen LogP) is 3.09. The number of rotatable bonds is 2. The summed E-state index contributed by atoms with van der Waals surface area (Å²) in [6.45, 7) is 3.11. The summed E-state index contributed by atoms with van der Waals surface area (Å²) >= 11 is 5.98. The average Bonchev–Trinajstić information content (AvgIpc) is 2.57. The van der Waals surface area contributed by atoms with Crippen molar-refractivity contribution in [2.24, 2.45) is 0 Å². The molecule has 1 aromatic rings. The Bertz CT molecular complexity index is 381. The maximum atomic E-state index is 5.98. The number of hydrogen-bond acceptors (Lipinski definition) is 3. The van der Waals surface area contributed by atoms with E-state index >= 15 is 0 Å². The van der Waals surface area contributed by atoms with Gasteiger partial charge in [-0.25, -0.2) is 9.99 Å². The van der Waals surface area contributed by atoms with Crippen molar-refractivity contribution < 1.29 is 0 Å². The largest absolute Gasteiger partial charge is 0.258 e. The minimum atomic E-state index is 0.422. The number of nitrogens with one attached hydrogen (secondary N) is 1. The molecule has 1 atom stereocenters. The van der Waals surface area contributed by atoms with Gasteiger partial charge < -0.3 is 0 Å². The molecule has 1 unspecified atom stereocenters. The number of pyridine rings is 1. The van der Waals surface area contributed by atoms with Gasteiger partial charge >= 0.3 is 0 Å². The number of nitrogens with zero attached hydrogens (tertiary/aromatic N) is 2. The fraction of sp³-hybridized carbons (Fsp3) is 0.615. The molecule has 0 spiro atoms. The van der Waals surface area contributed by atoms with Gasteiger partial charge in [-0.15, -0.1) is 0 Å². The Morgan fingerprint density at radius 1 is 1.41 bits per heavy atom. The zero-order chi connectivity index (χ0) is 12.3. The van der Waals surface area contributed by atoms with Crippen molar-refractivity contribution in [2.75, 3.05) is 13.6 Å². The molecule has 17 heavy (non-hydrogen) atoms. The van der Waals surface area contributed by atoms with E-state index in [-0.39, 0.29) is 0 Å². The third kappa shape index (κ3) is 2.97. The monoisotopic (exact) mass is 253 g/mol. The molecule has 3 nitrogen and oxygen atoms in total. The normalized spacial score (nSPS) is 22.4. The highest BCUT2D eigenvalue weighted by Gasteiger charge is 2.22. The molecule has 0 aromatic carbocycles. The van der Waals surface area contributed by atoms with Gasteiger partial charge in [-0.1, -0.05) is 24.4 Å². The van der Waals surface area contributed by atoms with Gasteiger partial charge in [-0.2, -0.15) is 0 Å². The molecule has 1 aliphatic rings. The Labute approximate surface area is 108 Å². The number of aryl methyl sites for hydroxylation is 1. The van der Waals surface area contributed by atoms with E-state index in [4.69, 9.17) is 11.6 Å². The lowest BCUT2D eigenvalue weighted by atomic mass is 10.0. The maximum Gasteiger partial charge on any atom is 0.131 e. The number of halogens is 1. The van der Waals surface area contributed by atoms with Crippen LogP contribution in [0.4, 0.5) is 0 Å². The van der Waals surface area contributed by atoms with Crippen molar-refractivity contribution in [3.05, 3.63) is 28.5 Å². The van der Waals surface area contributed by atoms with E-state index in [2.05, 4.69) is 21.5 Å². The number of hydrogen-bond donors (Lipinski definition) is 1. The first-order chi connectivity index (χ1) is 8.22. The van der Waals surface area contributed by atoms with Crippen molar-refractivity contribution in [2.45, 2.75) is 38.6 Å². The summed E-state index contributed by atoms with van der Waals surface area (Å²) in [6, 6.07) is 2.58. The van der Waals surface area contributed by atoms with Crippen LogP contribution in [0.25, 0.3) is 0 Å². The molecule has 0 amide bonds. The summed E-state index contributed by atoms with van der Waals surface area (Å²) in [6.07, 6.45) is 6.95. The van der Waals surface area contributed by atoms with Gasteiger partial charge in [0.1, 0.15) is 5.15 Å². The molecule has 0 radical (unpaired) electrons. The zero-order valence-corrected chi connectivity index (χ0v) is 11.3. The van der Waals surface area contributed by atoms with E-state index in [9.17, 15) is 0 Å². The van der Waals surface area contributed by atoms with Gasteiger partial charge in [0.15, 0.2) is 0 Å². The Morgan fingerprint density at radius 3 is 2.94 bits per heavy atom. The Morgan fingerprint density at radius 2 is 2.24 bits per heavy atom. The van der Waals surface area contributed by atoms with Crippen LogP contribution in [0.15, 0.2) is 12.3 Å².